The average molecular weight is 379 g/mol. The molecular formula is C21H21N3O4. The molecule has 4 rings (SSSR count). The quantitative estimate of drug-likeness (QED) is 0.858. The van der Waals surface area contributed by atoms with Crippen molar-refractivity contribution < 1.29 is 19.1 Å². The summed E-state index contributed by atoms with van der Waals surface area (Å²) in [5.41, 5.74) is 2.07. The summed E-state index contributed by atoms with van der Waals surface area (Å²) in [6.45, 7) is 1.49. The normalized spacial score (nSPS) is 15.9. The van der Waals surface area contributed by atoms with Gasteiger partial charge in [-0.15, -0.1) is 0 Å². The fraction of sp³-hybridized carbons (Fsp3) is 0.286. The number of piperidine rings is 1. The van der Waals surface area contributed by atoms with Crippen molar-refractivity contribution in [1.82, 2.24) is 4.90 Å². The molecule has 0 aromatic heterocycles. The van der Waals surface area contributed by atoms with Gasteiger partial charge in [0.2, 0.25) is 0 Å². The number of nitrogens with one attached hydrogen (secondary N) is 2. The van der Waals surface area contributed by atoms with E-state index in [2.05, 4.69) is 10.6 Å². The van der Waals surface area contributed by atoms with Crippen molar-refractivity contribution in [3.05, 3.63) is 53.6 Å². The smallest absolute Gasteiger partial charge is 0.262 e. The van der Waals surface area contributed by atoms with Gasteiger partial charge in [-0.1, -0.05) is 6.07 Å². The summed E-state index contributed by atoms with van der Waals surface area (Å²) in [6.07, 6.45) is 3.22. The SMILES string of the molecule is O=C1COc2cc(C(=O)Nc3cccc(C(=O)N4CCCCC4)c3)ccc2N1. The maximum Gasteiger partial charge on any atom is 0.262 e. The molecule has 0 saturated carbocycles. The molecule has 2 aromatic carbocycles. The van der Waals surface area contributed by atoms with Crippen molar-refractivity contribution in [3.63, 3.8) is 0 Å². The Labute approximate surface area is 162 Å². The van der Waals surface area contributed by atoms with Gasteiger partial charge in [0.05, 0.1) is 5.69 Å². The Morgan fingerprint density at radius 3 is 2.64 bits per heavy atom. The zero-order chi connectivity index (χ0) is 19.5. The summed E-state index contributed by atoms with van der Waals surface area (Å²) in [7, 11) is 0. The van der Waals surface area contributed by atoms with E-state index in [0.29, 0.717) is 28.3 Å². The van der Waals surface area contributed by atoms with E-state index in [4.69, 9.17) is 4.74 Å². The van der Waals surface area contributed by atoms with Crippen LogP contribution in [0.2, 0.25) is 0 Å². The summed E-state index contributed by atoms with van der Waals surface area (Å²) >= 11 is 0. The summed E-state index contributed by atoms with van der Waals surface area (Å²) in [6, 6.07) is 11.8. The molecule has 7 heteroatoms. The highest BCUT2D eigenvalue weighted by molar-refractivity contribution is 6.06. The minimum atomic E-state index is -0.314. The Balaban J connectivity index is 1.47. The topological polar surface area (TPSA) is 87.7 Å². The van der Waals surface area contributed by atoms with E-state index in [1.54, 1.807) is 42.5 Å². The van der Waals surface area contributed by atoms with Crippen molar-refractivity contribution in [2.24, 2.45) is 0 Å². The first kappa shape index (κ1) is 18.0. The van der Waals surface area contributed by atoms with Crippen LogP contribution in [-0.4, -0.2) is 42.3 Å². The van der Waals surface area contributed by atoms with Gasteiger partial charge in [0, 0.05) is 29.9 Å². The Bertz CT molecular complexity index is 935. The molecule has 0 bridgehead atoms. The van der Waals surface area contributed by atoms with Crippen molar-refractivity contribution in [3.8, 4) is 5.75 Å². The van der Waals surface area contributed by atoms with Crippen LogP contribution in [0, 0.1) is 0 Å². The zero-order valence-corrected chi connectivity index (χ0v) is 15.4. The van der Waals surface area contributed by atoms with E-state index in [0.717, 1.165) is 32.4 Å². The minimum Gasteiger partial charge on any atom is -0.482 e. The molecule has 0 unspecified atom stereocenters. The molecule has 144 valence electrons. The second kappa shape index (κ2) is 7.72. The molecule has 7 nitrogen and oxygen atoms in total. The molecule has 0 atom stereocenters. The first-order valence-corrected chi connectivity index (χ1v) is 9.37. The van der Waals surface area contributed by atoms with Crippen LogP contribution in [0.3, 0.4) is 0 Å². The van der Waals surface area contributed by atoms with E-state index in [9.17, 15) is 14.4 Å². The molecule has 0 aliphatic carbocycles. The first-order valence-electron chi connectivity index (χ1n) is 9.37. The fourth-order valence-corrected chi connectivity index (χ4v) is 3.43. The number of carbonyl (C=O) groups is 3. The molecule has 28 heavy (non-hydrogen) atoms. The first-order chi connectivity index (χ1) is 13.6. The van der Waals surface area contributed by atoms with Crippen LogP contribution < -0.4 is 15.4 Å². The van der Waals surface area contributed by atoms with Crippen molar-refractivity contribution >= 4 is 29.1 Å². The number of amides is 3. The van der Waals surface area contributed by atoms with Gasteiger partial charge in [0.1, 0.15) is 5.75 Å². The lowest BCUT2D eigenvalue weighted by Gasteiger charge is -2.26. The number of anilines is 2. The Morgan fingerprint density at radius 2 is 1.82 bits per heavy atom. The number of ether oxygens (including phenoxy) is 1. The van der Waals surface area contributed by atoms with Gasteiger partial charge in [-0.25, -0.2) is 0 Å². The van der Waals surface area contributed by atoms with Crippen molar-refractivity contribution in [2.75, 3.05) is 30.3 Å². The Kier molecular flexibility index (Phi) is 4.97. The predicted molar refractivity (Wildman–Crippen MR) is 105 cm³/mol. The molecule has 0 spiro atoms. The molecule has 2 aromatic rings. The fourth-order valence-electron chi connectivity index (χ4n) is 3.43. The van der Waals surface area contributed by atoms with E-state index >= 15 is 0 Å². The van der Waals surface area contributed by atoms with Gasteiger partial charge in [-0.05, 0) is 55.7 Å². The molecule has 2 N–H and O–H groups in total. The van der Waals surface area contributed by atoms with E-state index in [1.807, 2.05) is 4.90 Å². The summed E-state index contributed by atoms with van der Waals surface area (Å²) in [4.78, 5) is 38.5. The van der Waals surface area contributed by atoms with Gasteiger partial charge in [0.25, 0.3) is 17.7 Å². The molecule has 2 aliphatic rings. The summed E-state index contributed by atoms with van der Waals surface area (Å²) in [5, 5.41) is 5.51. The average Bonchev–Trinajstić information content (AvgIpc) is 2.73. The van der Waals surface area contributed by atoms with Gasteiger partial charge < -0.3 is 20.3 Å². The van der Waals surface area contributed by atoms with Crippen LogP contribution in [0.5, 0.6) is 5.75 Å². The van der Waals surface area contributed by atoms with Crippen molar-refractivity contribution in [2.45, 2.75) is 19.3 Å². The highest BCUT2D eigenvalue weighted by Crippen LogP contribution is 2.29. The molecular weight excluding hydrogens is 358 g/mol. The standard InChI is InChI=1S/C21H21N3O4/c25-19-13-28-18-12-14(7-8-17(18)23-19)20(26)22-16-6-4-5-15(11-16)21(27)24-9-2-1-3-10-24/h4-8,11-12H,1-3,9-10,13H2,(H,22,26)(H,23,25). The second-order valence-corrected chi connectivity index (χ2v) is 6.94. The van der Waals surface area contributed by atoms with Crippen LogP contribution in [0.25, 0.3) is 0 Å². The molecule has 2 heterocycles. The Hall–Kier alpha value is -3.35. The van der Waals surface area contributed by atoms with Crippen LogP contribution >= 0.6 is 0 Å². The van der Waals surface area contributed by atoms with Crippen molar-refractivity contribution in [1.29, 1.82) is 0 Å². The third-order valence-electron chi connectivity index (χ3n) is 4.89. The summed E-state index contributed by atoms with van der Waals surface area (Å²) in [5.74, 6) is -0.0826. The second-order valence-electron chi connectivity index (χ2n) is 6.94. The van der Waals surface area contributed by atoms with Crippen LogP contribution in [-0.2, 0) is 4.79 Å². The number of likely N-dealkylation sites (tertiary alicyclic amines) is 1. The van der Waals surface area contributed by atoms with E-state index in [1.165, 1.54) is 0 Å². The number of hydrogen-bond acceptors (Lipinski definition) is 4. The third kappa shape index (κ3) is 3.83. The van der Waals surface area contributed by atoms with Gasteiger partial charge in [0.15, 0.2) is 6.61 Å². The van der Waals surface area contributed by atoms with Gasteiger partial charge >= 0.3 is 0 Å². The Morgan fingerprint density at radius 1 is 1.00 bits per heavy atom. The molecule has 2 aliphatic heterocycles. The van der Waals surface area contributed by atoms with E-state index < -0.39 is 0 Å². The zero-order valence-electron chi connectivity index (χ0n) is 15.4. The third-order valence-corrected chi connectivity index (χ3v) is 4.89. The van der Waals surface area contributed by atoms with Crippen LogP contribution in [0.1, 0.15) is 40.0 Å². The number of benzene rings is 2. The number of fused-ring (bicyclic) bond motifs is 1. The number of rotatable bonds is 3. The minimum absolute atomic E-state index is 0.00581. The lowest BCUT2D eigenvalue weighted by Crippen LogP contribution is -2.35. The molecule has 1 saturated heterocycles. The molecule has 1 fully saturated rings. The maximum absolute atomic E-state index is 12.7. The summed E-state index contributed by atoms with van der Waals surface area (Å²) < 4.78 is 5.35. The largest absolute Gasteiger partial charge is 0.482 e. The monoisotopic (exact) mass is 379 g/mol. The lowest BCUT2D eigenvalue weighted by atomic mass is 10.1. The lowest BCUT2D eigenvalue weighted by molar-refractivity contribution is -0.118. The molecule has 3 amide bonds. The number of hydrogen-bond donors (Lipinski definition) is 2. The van der Waals surface area contributed by atoms with Crippen LogP contribution in [0.15, 0.2) is 42.5 Å². The molecule has 0 radical (unpaired) electrons. The maximum atomic E-state index is 12.7. The van der Waals surface area contributed by atoms with Gasteiger partial charge in [-0.3, -0.25) is 14.4 Å². The highest BCUT2D eigenvalue weighted by Gasteiger charge is 2.20. The number of nitrogens with zero attached hydrogens (tertiary/aromatic N) is 1. The van der Waals surface area contributed by atoms with Crippen LogP contribution in [0.4, 0.5) is 11.4 Å². The van der Waals surface area contributed by atoms with E-state index in [-0.39, 0.29) is 24.3 Å². The number of carbonyl (C=O) groups excluding carboxylic acids is 3. The predicted octanol–water partition coefficient (Wildman–Crippen LogP) is 2.90. The highest BCUT2D eigenvalue weighted by atomic mass is 16.5. The van der Waals surface area contributed by atoms with Gasteiger partial charge in [-0.2, -0.15) is 0 Å².